The summed E-state index contributed by atoms with van der Waals surface area (Å²) < 4.78 is 40.6. The van der Waals surface area contributed by atoms with E-state index in [-0.39, 0.29) is 41.4 Å². The van der Waals surface area contributed by atoms with E-state index in [1.54, 1.807) is 0 Å². The van der Waals surface area contributed by atoms with Gasteiger partial charge in [0.1, 0.15) is 12.7 Å². The smallest absolute Gasteiger partial charge is 0.264 e. The van der Waals surface area contributed by atoms with Gasteiger partial charge in [-0.25, -0.2) is 0 Å². The molecule has 17 heavy (non-hydrogen) atoms. The monoisotopic (exact) mass is 287 g/mol. The molecule has 1 N–H and O–H groups in total. The quantitative estimate of drug-likeness (QED) is 0.665. The second kappa shape index (κ2) is 6.40. The minimum absolute atomic E-state index is 0. The van der Waals surface area contributed by atoms with Gasteiger partial charge < -0.3 is 9.47 Å². The van der Waals surface area contributed by atoms with Crippen LogP contribution in [0.25, 0.3) is 0 Å². The van der Waals surface area contributed by atoms with Gasteiger partial charge >= 0.3 is 0 Å². The molecule has 1 aromatic heterocycles. The fraction of sp³-hybridized carbons (Fsp3) is 0.556. The Labute approximate surface area is 126 Å². The Morgan fingerprint density at radius 2 is 2.12 bits per heavy atom. The van der Waals surface area contributed by atoms with E-state index < -0.39 is 10.1 Å². The van der Waals surface area contributed by atoms with Crippen molar-refractivity contribution in [1.29, 1.82) is 0 Å². The van der Waals surface area contributed by atoms with Gasteiger partial charge in [0.2, 0.25) is 0 Å². The fourth-order valence-electron chi connectivity index (χ4n) is 1.50. The third-order valence-electron chi connectivity index (χ3n) is 2.24. The van der Waals surface area contributed by atoms with Crippen LogP contribution in [-0.4, -0.2) is 61.0 Å². The molecule has 0 saturated carbocycles. The summed E-state index contributed by atoms with van der Waals surface area (Å²) in [6.45, 7) is 0.426. The number of fused-ring (bicyclic) bond motifs is 1. The van der Waals surface area contributed by atoms with E-state index in [9.17, 15) is 8.42 Å². The zero-order valence-electron chi connectivity index (χ0n) is 9.46. The zero-order valence-corrected chi connectivity index (χ0v) is 13.1. The van der Waals surface area contributed by atoms with Crippen LogP contribution in [-0.2, 0) is 10.1 Å². The van der Waals surface area contributed by atoms with Gasteiger partial charge in [0, 0.05) is 40.3 Å². The maximum absolute atomic E-state index is 10.5. The van der Waals surface area contributed by atoms with Crippen LogP contribution in [0.3, 0.4) is 0 Å². The number of rotatable bonds is 4. The third kappa shape index (κ3) is 4.76. The largest absolute Gasteiger partial charge is 0.485 e. The first-order valence-corrected chi connectivity index (χ1v) is 7.40. The molecular weight excluding hydrogens is 275 g/mol. The van der Waals surface area contributed by atoms with Crippen LogP contribution < -0.4 is 9.47 Å². The Morgan fingerprint density at radius 3 is 2.82 bits per heavy atom. The minimum atomic E-state index is -3.87. The fourth-order valence-corrected chi connectivity index (χ4v) is 2.70. The number of hydrogen-bond acceptors (Lipinski definition) is 5. The van der Waals surface area contributed by atoms with Crippen molar-refractivity contribution in [3.63, 3.8) is 0 Å². The first-order valence-electron chi connectivity index (χ1n) is 4.85. The van der Waals surface area contributed by atoms with E-state index in [1.165, 1.54) is 11.3 Å². The number of thiophene rings is 1. The Morgan fingerprint density at radius 1 is 1.41 bits per heavy atom. The predicted octanol–water partition coefficient (Wildman–Crippen LogP) is 1.18. The van der Waals surface area contributed by atoms with Gasteiger partial charge in [0.15, 0.2) is 11.5 Å². The van der Waals surface area contributed by atoms with Crippen molar-refractivity contribution in [1.82, 2.24) is 0 Å². The third-order valence-corrected chi connectivity index (χ3v) is 3.74. The Hall–Kier alpha value is 0.210. The molecule has 1 unspecified atom stereocenters. The summed E-state index contributed by atoms with van der Waals surface area (Å²) in [5, 5.41) is 3.72. The Balaban J connectivity index is 0.00000144. The summed E-state index contributed by atoms with van der Waals surface area (Å²) in [6, 6.07) is 0. The van der Waals surface area contributed by atoms with Crippen molar-refractivity contribution >= 4 is 51.0 Å². The molecule has 0 aromatic carbocycles. The molecule has 1 aliphatic heterocycles. The molecule has 1 atom stereocenters. The topological polar surface area (TPSA) is 72.8 Å². The van der Waals surface area contributed by atoms with Crippen molar-refractivity contribution in [2.45, 2.75) is 18.9 Å². The second-order valence-corrected chi connectivity index (χ2v) is 5.90. The summed E-state index contributed by atoms with van der Waals surface area (Å²) in [7, 11) is -3.87. The van der Waals surface area contributed by atoms with Crippen LogP contribution >= 0.6 is 11.3 Å². The molecular formula is C9H12NaO5S2. The minimum Gasteiger partial charge on any atom is -0.485 e. The maximum Gasteiger partial charge on any atom is 0.264 e. The van der Waals surface area contributed by atoms with E-state index in [1.807, 2.05) is 10.8 Å². The van der Waals surface area contributed by atoms with Crippen LogP contribution in [0.4, 0.5) is 0 Å². The molecule has 2 heterocycles. The first-order chi connectivity index (χ1) is 7.54. The molecule has 5 nitrogen and oxygen atoms in total. The van der Waals surface area contributed by atoms with E-state index in [0.717, 1.165) is 5.75 Å². The van der Waals surface area contributed by atoms with Crippen molar-refractivity contribution in [3.05, 3.63) is 10.8 Å². The van der Waals surface area contributed by atoms with Gasteiger partial charge in [-0.05, 0) is 12.8 Å². The normalized spacial score (nSPS) is 18.5. The Bertz CT molecular complexity index is 456. The second-order valence-electron chi connectivity index (χ2n) is 3.58. The predicted molar refractivity (Wildman–Crippen MR) is 65.6 cm³/mol. The van der Waals surface area contributed by atoms with Gasteiger partial charge in [-0.2, -0.15) is 8.42 Å². The average Bonchev–Trinajstić information content (AvgIpc) is 2.62. The van der Waals surface area contributed by atoms with Crippen molar-refractivity contribution in [3.8, 4) is 11.5 Å². The van der Waals surface area contributed by atoms with Crippen LogP contribution in [0.5, 0.6) is 11.5 Å². The van der Waals surface area contributed by atoms with Gasteiger partial charge in [-0.1, -0.05) is 0 Å². The number of hydrogen-bond donors (Lipinski definition) is 1. The SMILES string of the molecule is O=S(=O)(O)CCCC1COc2cscc2O1.[Na]. The molecule has 1 aliphatic rings. The van der Waals surface area contributed by atoms with Crippen molar-refractivity contribution in [2.75, 3.05) is 12.4 Å². The Kier molecular flexibility index (Phi) is 5.75. The molecule has 0 spiro atoms. The average molecular weight is 287 g/mol. The molecule has 0 fully saturated rings. The van der Waals surface area contributed by atoms with E-state index in [0.29, 0.717) is 25.2 Å². The van der Waals surface area contributed by atoms with Crippen LogP contribution in [0.2, 0.25) is 0 Å². The molecule has 2 rings (SSSR count). The van der Waals surface area contributed by atoms with E-state index in [2.05, 4.69) is 0 Å². The van der Waals surface area contributed by atoms with Gasteiger partial charge in [0.05, 0.1) is 5.75 Å². The summed E-state index contributed by atoms with van der Waals surface area (Å²) in [5.74, 6) is 1.23. The van der Waals surface area contributed by atoms with Crippen LogP contribution in [0.15, 0.2) is 10.8 Å². The summed E-state index contributed by atoms with van der Waals surface area (Å²) in [6.07, 6.45) is 0.783. The first kappa shape index (κ1) is 15.3. The molecule has 1 radical (unpaired) electrons. The zero-order chi connectivity index (χ0) is 11.6. The molecule has 8 heteroatoms. The molecule has 0 aliphatic carbocycles. The van der Waals surface area contributed by atoms with Crippen molar-refractivity contribution in [2.24, 2.45) is 0 Å². The van der Waals surface area contributed by atoms with Gasteiger partial charge in [0.25, 0.3) is 10.1 Å². The standard InChI is InChI=1S/C9H12O5S2.Na/c10-16(11,12)3-1-2-7-4-13-8-5-15-6-9(8)14-7;/h5-7H,1-4H2,(H,10,11,12);. The molecule has 91 valence electrons. The summed E-state index contributed by atoms with van der Waals surface area (Å²) in [5.41, 5.74) is 0. The van der Waals surface area contributed by atoms with Crippen molar-refractivity contribution < 1.29 is 22.4 Å². The summed E-state index contributed by atoms with van der Waals surface area (Å²) in [4.78, 5) is 0. The van der Waals surface area contributed by atoms with E-state index in [4.69, 9.17) is 14.0 Å². The molecule has 0 amide bonds. The number of ether oxygens (including phenoxy) is 2. The van der Waals surface area contributed by atoms with Crippen LogP contribution in [0.1, 0.15) is 12.8 Å². The van der Waals surface area contributed by atoms with Gasteiger partial charge in [-0.3, -0.25) is 4.55 Å². The molecule has 1 aromatic rings. The van der Waals surface area contributed by atoms with Crippen LogP contribution in [0, 0.1) is 0 Å². The van der Waals surface area contributed by atoms with E-state index >= 15 is 0 Å². The molecule has 0 saturated heterocycles. The summed E-state index contributed by atoms with van der Waals surface area (Å²) >= 11 is 1.50. The molecule has 0 bridgehead atoms. The maximum atomic E-state index is 10.5. The van der Waals surface area contributed by atoms with Gasteiger partial charge in [-0.15, -0.1) is 11.3 Å².